The van der Waals surface area contributed by atoms with E-state index in [0.29, 0.717) is 13.2 Å². The smallest absolute Gasteiger partial charge is 0.123 e. The zero-order valence-corrected chi connectivity index (χ0v) is 7.24. The van der Waals surface area contributed by atoms with Crippen molar-refractivity contribution >= 4 is 0 Å². The van der Waals surface area contributed by atoms with Crippen LogP contribution in [0.5, 0.6) is 0 Å². The zero-order chi connectivity index (χ0) is 9.26. The van der Waals surface area contributed by atoms with Gasteiger partial charge in [0.15, 0.2) is 0 Å². The summed E-state index contributed by atoms with van der Waals surface area (Å²) in [5.74, 6) is 0.0110. The van der Waals surface area contributed by atoms with Gasteiger partial charge in [-0.2, -0.15) is 0 Å². The number of benzene rings is 1. The molecule has 1 heterocycles. The van der Waals surface area contributed by atoms with Crippen LogP contribution in [-0.4, -0.2) is 19.3 Å². The molecule has 0 unspecified atom stereocenters. The molecule has 0 radical (unpaired) electrons. The van der Waals surface area contributed by atoms with Gasteiger partial charge >= 0.3 is 0 Å². The van der Waals surface area contributed by atoms with Gasteiger partial charge in [-0.15, -0.1) is 0 Å². The molecule has 2 nitrogen and oxygen atoms in total. The van der Waals surface area contributed by atoms with Gasteiger partial charge in [0.2, 0.25) is 0 Å². The first-order chi connectivity index (χ1) is 6.27. The molecule has 3 heteroatoms. The SMILES string of the molecule is N[C@H]1COC[C@H]1c1ccc(F)cc1. The van der Waals surface area contributed by atoms with Crippen molar-refractivity contribution in [1.82, 2.24) is 0 Å². The number of hydrogen-bond donors (Lipinski definition) is 1. The van der Waals surface area contributed by atoms with Crippen molar-refractivity contribution < 1.29 is 9.13 Å². The minimum atomic E-state index is -0.212. The maximum Gasteiger partial charge on any atom is 0.123 e. The van der Waals surface area contributed by atoms with E-state index in [2.05, 4.69) is 0 Å². The monoisotopic (exact) mass is 181 g/mol. The van der Waals surface area contributed by atoms with E-state index < -0.39 is 0 Å². The third kappa shape index (κ3) is 1.71. The predicted octanol–water partition coefficient (Wildman–Crippen LogP) is 1.27. The van der Waals surface area contributed by atoms with Crippen molar-refractivity contribution in [2.45, 2.75) is 12.0 Å². The summed E-state index contributed by atoms with van der Waals surface area (Å²) in [4.78, 5) is 0. The van der Waals surface area contributed by atoms with Crippen LogP contribution >= 0.6 is 0 Å². The Bertz CT molecular complexity index is 285. The molecule has 0 aromatic heterocycles. The Labute approximate surface area is 76.5 Å². The van der Waals surface area contributed by atoms with E-state index in [9.17, 15) is 4.39 Å². The van der Waals surface area contributed by atoms with Crippen LogP contribution < -0.4 is 5.73 Å². The van der Waals surface area contributed by atoms with Crippen molar-refractivity contribution in [3.05, 3.63) is 35.6 Å². The van der Waals surface area contributed by atoms with E-state index in [1.807, 2.05) is 0 Å². The molecular formula is C10H12FNO. The first-order valence-electron chi connectivity index (χ1n) is 4.36. The molecule has 1 aliphatic heterocycles. The second-order valence-electron chi connectivity index (χ2n) is 3.36. The van der Waals surface area contributed by atoms with Crippen molar-refractivity contribution in [1.29, 1.82) is 0 Å². The summed E-state index contributed by atoms with van der Waals surface area (Å²) in [6, 6.07) is 6.51. The summed E-state index contributed by atoms with van der Waals surface area (Å²) in [7, 11) is 0. The molecule has 1 fully saturated rings. The summed E-state index contributed by atoms with van der Waals surface area (Å²) in [6.07, 6.45) is 0. The number of rotatable bonds is 1. The Hall–Kier alpha value is -0.930. The average Bonchev–Trinajstić information content (AvgIpc) is 2.53. The van der Waals surface area contributed by atoms with Crippen LogP contribution in [0.4, 0.5) is 4.39 Å². The van der Waals surface area contributed by atoms with E-state index >= 15 is 0 Å². The van der Waals surface area contributed by atoms with E-state index in [1.54, 1.807) is 12.1 Å². The van der Waals surface area contributed by atoms with Crippen LogP contribution in [0.1, 0.15) is 11.5 Å². The topological polar surface area (TPSA) is 35.2 Å². The van der Waals surface area contributed by atoms with E-state index in [0.717, 1.165) is 5.56 Å². The first-order valence-corrected chi connectivity index (χ1v) is 4.36. The molecule has 2 atom stereocenters. The Morgan fingerprint density at radius 3 is 2.46 bits per heavy atom. The van der Waals surface area contributed by atoms with Gasteiger partial charge in [0.05, 0.1) is 13.2 Å². The largest absolute Gasteiger partial charge is 0.379 e. The highest BCUT2D eigenvalue weighted by Crippen LogP contribution is 2.24. The second-order valence-corrected chi connectivity index (χ2v) is 3.36. The van der Waals surface area contributed by atoms with Crippen LogP contribution in [-0.2, 0) is 4.74 Å². The molecule has 13 heavy (non-hydrogen) atoms. The third-order valence-corrected chi connectivity index (χ3v) is 2.42. The highest BCUT2D eigenvalue weighted by Gasteiger charge is 2.25. The molecule has 0 amide bonds. The fourth-order valence-electron chi connectivity index (χ4n) is 1.62. The van der Waals surface area contributed by atoms with Crippen molar-refractivity contribution in [3.8, 4) is 0 Å². The lowest BCUT2D eigenvalue weighted by Crippen LogP contribution is -2.26. The van der Waals surface area contributed by atoms with E-state index in [1.165, 1.54) is 12.1 Å². The van der Waals surface area contributed by atoms with Gasteiger partial charge in [0.25, 0.3) is 0 Å². The Morgan fingerprint density at radius 1 is 1.23 bits per heavy atom. The lowest BCUT2D eigenvalue weighted by molar-refractivity contribution is 0.191. The molecule has 1 aromatic carbocycles. The predicted molar refractivity (Wildman–Crippen MR) is 47.9 cm³/mol. The van der Waals surface area contributed by atoms with Crippen molar-refractivity contribution in [2.75, 3.05) is 13.2 Å². The van der Waals surface area contributed by atoms with Gasteiger partial charge in [-0.25, -0.2) is 4.39 Å². The van der Waals surface area contributed by atoms with Crippen molar-refractivity contribution in [3.63, 3.8) is 0 Å². The molecule has 1 saturated heterocycles. The zero-order valence-electron chi connectivity index (χ0n) is 7.24. The maximum absolute atomic E-state index is 12.6. The maximum atomic E-state index is 12.6. The van der Waals surface area contributed by atoms with Crippen LogP contribution in [0.25, 0.3) is 0 Å². The molecule has 2 N–H and O–H groups in total. The standard InChI is InChI=1S/C10H12FNO/c11-8-3-1-7(2-4-8)9-5-13-6-10(9)12/h1-4,9-10H,5-6,12H2/t9-,10-/m0/s1. The molecular weight excluding hydrogens is 169 g/mol. The fourth-order valence-corrected chi connectivity index (χ4v) is 1.62. The van der Waals surface area contributed by atoms with Crippen LogP contribution in [0.15, 0.2) is 24.3 Å². The minimum Gasteiger partial charge on any atom is -0.379 e. The van der Waals surface area contributed by atoms with Gasteiger partial charge in [0.1, 0.15) is 5.82 Å². The Kier molecular flexibility index (Phi) is 2.29. The van der Waals surface area contributed by atoms with Gasteiger partial charge in [-0.05, 0) is 17.7 Å². The lowest BCUT2D eigenvalue weighted by Gasteiger charge is -2.12. The highest BCUT2D eigenvalue weighted by atomic mass is 19.1. The highest BCUT2D eigenvalue weighted by molar-refractivity contribution is 5.23. The first kappa shape index (κ1) is 8.66. The molecule has 0 bridgehead atoms. The van der Waals surface area contributed by atoms with Crippen LogP contribution in [0.3, 0.4) is 0 Å². The summed E-state index contributed by atoms with van der Waals surface area (Å²) < 4.78 is 17.8. The molecule has 0 aliphatic carbocycles. The number of hydrogen-bond acceptors (Lipinski definition) is 2. The summed E-state index contributed by atoms with van der Waals surface area (Å²) in [6.45, 7) is 1.24. The van der Waals surface area contributed by atoms with Gasteiger partial charge in [0, 0.05) is 12.0 Å². The van der Waals surface area contributed by atoms with Gasteiger partial charge in [-0.1, -0.05) is 12.1 Å². The summed E-state index contributed by atoms with van der Waals surface area (Å²) in [5, 5.41) is 0. The normalized spacial score (nSPS) is 27.8. The van der Waals surface area contributed by atoms with Crippen LogP contribution in [0, 0.1) is 5.82 Å². The molecule has 1 aromatic rings. The average molecular weight is 181 g/mol. The molecule has 1 aliphatic rings. The molecule has 0 spiro atoms. The Morgan fingerprint density at radius 2 is 1.92 bits per heavy atom. The fraction of sp³-hybridized carbons (Fsp3) is 0.400. The van der Waals surface area contributed by atoms with Gasteiger partial charge in [-0.3, -0.25) is 0 Å². The lowest BCUT2D eigenvalue weighted by atomic mass is 9.95. The van der Waals surface area contributed by atoms with E-state index in [4.69, 9.17) is 10.5 Å². The summed E-state index contributed by atoms with van der Waals surface area (Å²) >= 11 is 0. The summed E-state index contributed by atoms with van der Waals surface area (Å²) in [5.41, 5.74) is 6.89. The molecule has 0 saturated carbocycles. The van der Waals surface area contributed by atoms with Crippen LogP contribution in [0.2, 0.25) is 0 Å². The Balaban J connectivity index is 2.20. The van der Waals surface area contributed by atoms with Gasteiger partial charge < -0.3 is 10.5 Å². The minimum absolute atomic E-state index is 0.0467. The number of halogens is 1. The van der Waals surface area contributed by atoms with E-state index in [-0.39, 0.29) is 17.8 Å². The second kappa shape index (κ2) is 3.44. The third-order valence-electron chi connectivity index (χ3n) is 2.42. The number of ether oxygens (including phenoxy) is 1. The number of nitrogens with two attached hydrogens (primary N) is 1. The quantitative estimate of drug-likeness (QED) is 0.708. The van der Waals surface area contributed by atoms with Crippen molar-refractivity contribution in [2.24, 2.45) is 5.73 Å². The molecule has 2 rings (SSSR count). The molecule has 70 valence electrons.